The minimum atomic E-state index is -6.17. The van der Waals surface area contributed by atoms with E-state index < -0.39 is 10.7 Å². The SMILES string of the molecule is N#[C][Fe-3]([C]#N)([C]#N)([C]#N)([C]#N)[C]#N.[Cu+2].[NH4+]. The molecule has 0 aliphatic carbocycles. The van der Waals surface area contributed by atoms with Crippen LogP contribution >= 0.6 is 0 Å². The third kappa shape index (κ3) is 1.51. The van der Waals surface area contributed by atoms with Gasteiger partial charge >= 0.3 is 89.2 Å². The van der Waals surface area contributed by atoms with Gasteiger partial charge in [-0.15, -0.1) is 0 Å². The fraction of sp³-hybridized carbons (Fsp3) is 0. The third-order valence-corrected chi connectivity index (χ3v) is 4.89. The van der Waals surface area contributed by atoms with Gasteiger partial charge in [0.2, 0.25) is 0 Å². The van der Waals surface area contributed by atoms with E-state index in [-0.39, 0.29) is 23.2 Å². The predicted molar refractivity (Wildman–Crippen MR) is 39.7 cm³/mol. The van der Waals surface area contributed by atoms with Gasteiger partial charge in [-0.05, 0) is 0 Å². The summed E-state index contributed by atoms with van der Waals surface area (Å²) in [6, 6.07) is 0. The molecule has 4 N–H and O–H groups in total. The molecule has 0 spiro atoms. The second kappa shape index (κ2) is 3.98. The molecular weight excluding hydrogens is 290 g/mol. The molecule has 0 fully saturated rings. The molecule has 0 aliphatic rings. The summed E-state index contributed by atoms with van der Waals surface area (Å²) in [4.78, 5) is 6.19. The predicted octanol–water partition coefficient (Wildman–Crippen LogP) is 0.472. The summed E-state index contributed by atoms with van der Waals surface area (Å²) in [5.41, 5.74) is 0. The van der Waals surface area contributed by atoms with Gasteiger partial charge in [0.1, 0.15) is 0 Å². The quantitative estimate of drug-likeness (QED) is 0.633. The van der Waals surface area contributed by atoms with Crippen molar-refractivity contribution in [2.45, 2.75) is 0 Å². The average Bonchev–Trinajstić information content (AvgIpc) is 2.26. The van der Waals surface area contributed by atoms with Crippen molar-refractivity contribution in [2.24, 2.45) is 0 Å². The maximum atomic E-state index is 8.58. The number of hydrogen-bond acceptors (Lipinski definition) is 6. The van der Waals surface area contributed by atoms with Gasteiger partial charge in [-0.25, -0.2) is 0 Å². The van der Waals surface area contributed by atoms with Gasteiger partial charge in [-0.1, -0.05) is 0 Å². The van der Waals surface area contributed by atoms with Crippen LogP contribution in [0.3, 0.4) is 0 Å². The Labute approximate surface area is 95.3 Å². The molecule has 0 aromatic rings. The Bertz CT molecular complexity index is 393. The summed E-state index contributed by atoms with van der Waals surface area (Å²) < 4.78 is 0. The van der Waals surface area contributed by atoms with Crippen LogP contribution in [0.4, 0.5) is 0 Å². The standard InChI is InChI=1S/6CN.Cu.Fe.H3N/c6*1-2;;;/h;;;;;;;;1H3/q;;;;;;+2;-3;/p+1. The first-order chi connectivity index (χ1) is 5.97. The molecule has 82 valence electrons. The molecule has 0 bridgehead atoms. The first-order valence-electron chi connectivity index (χ1n) is 2.40. The molecule has 0 rings (SSSR count). The van der Waals surface area contributed by atoms with Gasteiger partial charge in [0.05, 0.1) is 0 Å². The minimum absolute atomic E-state index is 0. The Morgan fingerprint density at radius 2 is 0.667 bits per heavy atom. The van der Waals surface area contributed by atoms with Crippen LogP contribution in [0, 0.1) is 61.4 Å². The van der Waals surface area contributed by atoms with E-state index in [0.717, 1.165) is 29.8 Å². The monoisotopic (exact) mass is 293 g/mol. The number of rotatable bonds is 0. The van der Waals surface area contributed by atoms with Crippen molar-refractivity contribution in [2.75, 3.05) is 0 Å². The Morgan fingerprint density at radius 1 is 0.533 bits per heavy atom. The van der Waals surface area contributed by atoms with Crippen LogP contribution < -0.4 is 6.15 Å². The van der Waals surface area contributed by atoms with Crippen molar-refractivity contribution in [3.63, 3.8) is 0 Å². The number of hydrogen-bond donors (Lipinski definition) is 1. The van der Waals surface area contributed by atoms with E-state index in [4.69, 9.17) is 31.6 Å². The first-order valence-corrected chi connectivity index (χ1v) is 5.71. The van der Waals surface area contributed by atoms with E-state index in [9.17, 15) is 0 Å². The molecule has 1 radical (unpaired) electrons. The maximum Gasteiger partial charge on any atom is 2.00 e. The Morgan fingerprint density at radius 3 is 0.667 bits per heavy atom. The molecule has 15 heavy (non-hydrogen) atoms. The van der Waals surface area contributed by atoms with Gasteiger partial charge in [0.25, 0.3) is 0 Å². The molecule has 0 aliphatic heterocycles. The Hall–Kier alpha value is -2.06. The summed E-state index contributed by atoms with van der Waals surface area (Å²) in [5.74, 6) is 0. The molecule has 0 aromatic heterocycles. The van der Waals surface area contributed by atoms with E-state index in [1.165, 1.54) is 0 Å². The molecule has 0 aromatic carbocycles. The first kappa shape index (κ1) is 18.7. The fourth-order valence-corrected chi connectivity index (χ4v) is 1.09. The van der Waals surface area contributed by atoms with Gasteiger partial charge in [-0.3, -0.25) is 0 Å². The van der Waals surface area contributed by atoms with Gasteiger partial charge in [0.15, 0.2) is 0 Å². The summed E-state index contributed by atoms with van der Waals surface area (Å²) in [6.07, 6.45) is 0. The van der Waals surface area contributed by atoms with E-state index >= 15 is 0 Å². The van der Waals surface area contributed by atoms with Crippen LogP contribution in [0.25, 0.3) is 0 Å². The zero-order chi connectivity index (χ0) is 10.7. The Balaban J connectivity index is -0.000000720. The van der Waals surface area contributed by atoms with Gasteiger partial charge < -0.3 is 6.15 Å². The number of nitrogens with zero attached hydrogens (tertiary/aromatic N) is 6. The molecule has 0 amide bonds. The zero-order valence-electron chi connectivity index (χ0n) is 7.34. The summed E-state index contributed by atoms with van der Waals surface area (Å²) in [6.45, 7) is 0. The van der Waals surface area contributed by atoms with Crippen LogP contribution in [0.1, 0.15) is 0 Å². The van der Waals surface area contributed by atoms with E-state index in [1.54, 1.807) is 0 Å². The van der Waals surface area contributed by atoms with Crippen LogP contribution in [-0.4, -0.2) is 0 Å². The van der Waals surface area contributed by atoms with E-state index in [2.05, 4.69) is 0 Å². The zero-order valence-corrected chi connectivity index (χ0v) is 9.38. The summed E-state index contributed by atoms with van der Waals surface area (Å²) in [7, 11) is -6.17. The normalized spacial score (nSPS) is 11.6. The number of nitriles is 6. The largest absolute Gasteiger partial charge is 2.00 e. The van der Waals surface area contributed by atoms with Crippen molar-refractivity contribution in [3.05, 3.63) is 0 Å². The van der Waals surface area contributed by atoms with E-state index in [1.807, 2.05) is 0 Å². The number of quaternary nitrogens is 1. The van der Waals surface area contributed by atoms with Crippen molar-refractivity contribution in [1.82, 2.24) is 6.15 Å². The van der Waals surface area contributed by atoms with E-state index in [0.29, 0.717) is 0 Å². The van der Waals surface area contributed by atoms with Crippen LogP contribution in [0.15, 0.2) is 0 Å². The van der Waals surface area contributed by atoms with Gasteiger partial charge in [-0.2, -0.15) is 0 Å². The minimum Gasteiger partial charge on any atom is -0.369 e. The van der Waals surface area contributed by atoms with Crippen molar-refractivity contribution in [3.8, 4) is 29.8 Å². The smallest absolute Gasteiger partial charge is 0.369 e. The second-order valence-electron chi connectivity index (χ2n) is 1.80. The van der Waals surface area contributed by atoms with Crippen LogP contribution in [0.5, 0.6) is 0 Å². The molecule has 0 unspecified atom stereocenters. The van der Waals surface area contributed by atoms with Crippen molar-refractivity contribution < 1.29 is 27.8 Å². The molecule has 0 saturated heterocycles. The molecule has 0 saturated carbocycles. The molecule has 7 nitrogen and oxygen atoms in total. The Kier molecular flexibility index (Phi) is 4.96. The topological polar surface area (TPSA) is 179 Å². The fourth-order valence-electron chi connectivity index (χ4n) is 0.265. The molecule has 0 atom stereocenters. The van der Waals surface area contributed by atoms with Crippen LogP contribution in [0.2, 0.25) is 0 Å². The average molecular weight is 294 g/mol. The van der Waals surface area contributed by atoms with Crippen molar-refractivity contribution in [1.29, 1.82) is 31.6 Å². The van der Waals surface area contributed by atoms with Crippen molar-refractivity contribution >= 4 is 0 Å². The second-order valence-corrected chi connectivity index (χ2v) is 7.42. The molecule has 0 heterocycles. The molecule has 9 heteroatoms. The summed E-state index contributed by atoms with van der Waals surface area (Å²) in [5, 5.41) is 51.5. The molecular formula is C6H4CuFeN7. The summed E-state index contributed by atoms with van der Waals surface area (Å²) >= 11 is 0. The maximum absolute atomic E-state index is 8.58. The van der Waals surface area contributed by atoms with Gasteiger partial charge in [0, 0.05) is 0 Å². The third-order valence-electron chi connectivity index (χ3n) is 1.19. The van der Waals surface area contributed by atoms with Crippen LogP contribution in [-0.2, 0) is 27.8 Å².